The Hall–Kier alpha value is -6.17. The molecule has 0 unspecified atom stereocenters. The van der Waals surface area contributed by atoms with Crippen LogP contribution in [0.2, 0.25) is 0 Å². The molecule has 0 atom stereocenters. The van der Waals surface area contributed by atoms with E-state index in [1.54, 1.807) is 28.9 Å². The van der Waals surface area contributed by atoms with E-state index in [1.807, 2.05) is 58.3 Å². The number of hydrogen-bond acceptors (Lipinski definition) is 9. The lowest BCUT2D eigenvalue weighted by Gasteiger charge is -2.65. The summed E-state index contributed by atoms with van der Waals surface area (Å²) in [6.45, 7) is 14.3. The van der Waals surface area contributed by atoms with Crippen LogP contribution in [0, 0.1) is 0 Å². The lowest BCUT2D eigenvalue weighted by atomic mass is 9.41. The fourth-order valence-electron chi connectivity index (χ4n) is 9.60. The van der Waals surface area contributed by atoms with Crippen LogP contribution in [0.5, 0.6) is 11.5 Å². The van der Waals surface area contributed by atoms with E-state index in [2.05, 4.69) is 32.5 Å². The van der Waals surface area contributed by atoms with Gasteiger partial charge in [-0.3, -0.25) is 9.59 Å². The zero-order valence-corrected chi connectivity index (χ0v) is 37.8. The van der Waals surface area contributed by atoms with E-state index in [4.69, 9.17) is 19.2 Å². The average Bonchev–Trinajstić information content (AvgIpc) is 3.86. The molecule has 2 N–H and O–H groups in total. The van der Waals surface area contributed by atoms with Crippen molar-refractivity contribution < 1.29 is 48.6 Å². The van der Waals surface area contributed by atoms with E-state index in [1.165, 1.54) is 36.4 Å². The summed E-state index contributed by atoms with van der Waals surface area (Å²) in [4.78, 5) is 42.5. The van der Waals surface area contributed by atoms with Gasteiger partial charge in [-0.2, -0.15) is 0 Å². The first kappa shape index (κ1) is 46.4. The number of anilines is 2. The highest BCUT2D eigenvalue weighted by Crippen LogP contribution is 2.69. The summed E-state index contributed by atoms with van der Waals surface area (Å²) >= 11 is 0. The third-order valence-corrected chi connectivity index (χ3v) is 12.3. The van der Waals surface area contributed by atoms with Gasteiger partial charge < -0.3 is 33.6 Å². The fraction of sp³-hybridized carbons (Fsp3) is 0.458. The normalized spacial score (nSPS) is 23.6. The number of halogens is 5. The van der Waals surface area contributed by atoms with Crippen LogP contribution < -0.4 is 20.1 Å². The zero-order chi connectivity index (χ0) is 47.3. The van der Waals surface area contributed by atoms with Crippen molar-refractivity contribution in [1.29, 1.82) is 0 Å². The molecule has 8 heterocycles. The second-order valence-electron chi connectivity index (χ2n) is 18.3. The molecule has 6 aromatic heterocycles. The number of nitrogens with one attached hydrogen (secondary N) is 2. The van der Waals surface area contributed by atoms with Gasteiger partial charge in [0.05, 0.1) is 29.2 Å². The molecule has 2 saturated heterocycles. The lowest BCUT2D eigenvalue weighted by Crippen LogP contribution is -2.67. The molecule has 4 saturated carbocycles. The Bertz CT molecular complexity index is 2780. The molecule has 2 aliphatic heterocycles. The SMILES string of the molecule is CC.CC(C)Oc1cc2nc(C34CC(F)(C3)C4)cn2cc1NC(=O)c1cccc(C(F)F)n1.CC(C)Oc1cc2nc(C34CCOC(C)(C3)C4)cn2cc1NC(=O)c1cccc(C(F)F)n1.[HH].[HH]. The molecular formula is C48H57F5N8O5. The number of carbonyl (C=O) groups is 2. The van der Waals surface area contributed by atoms with Gasteiger partial charge >= 0.3 is 0 Å². The van der Waals surface area contributed by atoms with E-state index < -0.39 is 41.7 Å². The minimum Gasteiger partial charge on any atom is -0.489 e. The van der Waals surface area contributed by atoms with Gasteiger partial charge in [0, 0.05) is 57.2 Å². The van der Waals surface area contributed by atoms with Crippen LogP contribution in [0.1, 0.15) is 146 Å². The number of nitrogens with zero attached hydrogens (tertiary/aromatic N) is 6. The van der Waals surface area contributed by atoms with Crippen LogP contribution in [-0.2, 0) is 15.6 Å². The zero-order valence-electron chi connectivity index (χ0n) is 37.8. The van der Waals surface area contributed by atoms with Crippen LogP contribution in [-0.4, -0.2) is 70.6 Å². The summed E-state index contributed by atoms with van der Waals surface area (Å²) < 4.78 is 87.1. The molecular weight excluding hydrogens is 864 g/mol. The Morgan fingerprint density at radius 1 is 0.682 bits per heavy atom. The summed E-state index contributed by atoms with van der Waals surface area (Å²) in [5.74, 6) is -0.369. The summed E-state index contributed by atoms with van der Waals surface area (Å²) in [6.07, 6.45) is 5.70. The number of hydrogen-bond donors (Lipinski definition) is 2. The quantitative estimate of drug-likeness (QED) is 0.115. The maximum Gasteiger partial charge on any atom is 0.280 e. The number of rotatable bonds is 12. The average molecular weight is 921 g/mol. The lowest BCUT2D eigenvalue weighted by molar-refractivity contribution is -0.182. The van der Waals surface area contributed by atoms with Crippen LogP contribution >= 0.6 is 0 Å². The molecule has 13 nitrogen and oxygen atoms in total. The number of carbonyl (C=O) groups excluding carboxylic acids is 2. The second kappa shape index (κ2) is 17.6. The van der Waals surface area contributed by atoms with Gasteiger partial charge in [0.15, 0.2) is 0 Å². The van der Waals surface area contributed by atoms with Crippen molar-refractivity contribution in [2.24, 2.45) is 0 Å². The van der Waals surface area contributed by atoms with E-state index in [9.17, 15) is 31.5 Å². The Morgan fingerprint density at radius 3 is 1.52 bits per heavy atom. The van der Waals surface area contributed by atoms with Crippen molar-refractivity contribution in [3.8, 4) is 11.5 Å². The van der Waals surface area contributed by atoms with Gasteiger partial charge in [-0.1, -0.05) is 26.0 Å². The first-order valence-electron chi connectivity index (χ1n) is 22.2. The predicted molar refractivity (Wildman–Crippen MR) is 241 cm³/mol. The molecule has 0 spiro atoms. The molecule has 4 aliphatic carbocycles. The van der Waals surface area contributed by atoms with Gasteiger partial charge in [-0.25, -0.2) is 41.9 Å². The maximum absolute atomic E-state index is 14.0. The molecule has 6 aliphatic rings. The first-order valence-corrected chi connectivity index (χ1v) is 22.2. The second-order valence-corrected chi connectivity index (χ2v) is 18.3. The van der Waals surface area contributed by atoms with Crippen LogP contribution in [0.4, 0.5) is 33.3 Å². The van der Waals surface area contributed by atoms with Gasteiger partial charge in [-0.05, 0) is 97.4 Å². The molecule has 6 fully saturated rings. The smallest absolute Gasteiger partial charge is 0.280 e. The highest BCUT2D eigenvalue weighted by Gasteiger charge is 2.70. The Labute approximate surface area is 381 Å². The Morgan fingerprint density at radius 2 is 1.12 bits per heavy atom. The summed E-state index contributed by atoms with van der Waals surface area (Å²) in [5.41, 5.74) is 1.55. The molecule has 18 heteroatoms. The summed E-state index contributed by atoms with van der Waals surface area (Å²) in [5, 5.41) is 5.47. The topological polar surface area (TPSA) is 146 Å². The fourth-order valence-corrected chi connectivity index (χ4v) is 9.60. The van der Waals surface area contributed by atoms with E-state index in [0.717, 1.165) is 37.3 Å². The molecule has 6 aromatic rings. The third-order valence-electron chi connectivity index (χ3n) is 12.3. The highest BCUT2D eigenvalue weighted by atomic mass is 19.3. The number of fused-ring (bicyclic) bond motifs is 4. The van der Waals surface area contributed by atoms with E-state index in [-0.39, 0.29) is 42.9 Å². The number of alkyl halides is 5. The third kappa shape index (κ3) is 9.03. The minimum absolute atomic E-state index is 0. The molecule has 2 amide bonds. The molecule has 0 radical (unpaired) electrons. The van der Waals surface area contributed by atoms with Crippen molar-refractivity contribution in [2.45, 2.75) is 134 Å². The first-order chi connectivity index (χ1) is 31.3. The van der Waals surface area contributed by atoms with Crippen molar-refractivity contribution in [3.05, 3.63) is 107 Å². The monoisotopic (exact) mass is 920 g/mol. The summed E-state index contributed by atoms with van der Waals surface area (Å²) in [7, 11) is 0. The number of ether oxygens (including phenoxy) is 3. The van der Waals surface area contributed by atoms with Crippen molar-refractivity contribution >= 4 is 34.5 Å². The molecule has 0 aromatic carbocycles. The van der Waals surface area contributed by atoms with Gasteiger partial charge in [0.2, 0.25) is 0 Å². The summed E-state index contributed by atoms with van der Waals surface area (Å²) in [6, 6.07) is 11.4. The van der Waals surface area contributed by atoms with Crippen molar-refractivity contribution in [3.63, 3.8) is 0 Å². The Kier molecular flexibility index (Phi) is 12.3. The van der Waals surface area contributed by atoms with Crippen LogP contribution in [0.25, 0.3) is 11.3 Å². The van der Waals surface area contributed by atoms with E-state index in [0.29, 0.717) is 53.4 Å². The molecule has 66 heavy (non-hydrogen) atoms. The van der Waals surface area contributed by atoms with Crippen LogP contribution in [0.3, 0.4) is 0 Å². The minimum atomic E-state index is -2.77. The number of aromatic nitrogens is 6. The predicted octanol–water partition coefficient (Wildman–Crippen LogP) is 11.3. The van der Waals surface area contributed by atoms with Crippen molar-refractivity contribution in [1.82, 2.24) is 28.7 Å². The molecule has 4 bridgehead atoms. The van der Waals surface area contributed by atoms with Gasteiger partial charge in [-0.15, -0.1) is 0 Å². The van der Waals surface area contributed by atoms with Gasteiger partial charge in [0.1, 0.15) is 62.6 Å². The molecule has 12 rings (SSSR count). The van der Waals surface area contributed by atoms with E-state index >= 15 is 0 Å². The highest BCUT2D eigenvalue weighted by molar-refractivity contribution is 6.04. The largest absolute Gasteiger partial charge is 0.489 e. The standard InChI is InChI=1S/C24H26F2N4O3.C22H21F3N4O2.C2H6.2H2/c1-14(2)33-18-9-20-29-19(24-7-8-32-23(3,12-24)13-24)11-30(20)10-17(18)28-22(31)16-6-4-5-15(27-16)21(25)26;1-12(2)31-16-6-18-28-17(21-9-22(25,10-21)11-21)8-29(18)7-15(16)27-20(30)14-5-3-4-13(26-14)19(23)24;1-2;;/h4-6,9-11,14,21H,7-8,12-13H2,1-3H3,(H,28,31);3-8,12,19H,9-11H2,1-2H3,(H,27,30);1-2H3;2*1H. The van der Waals surface area contributed by atoms with Crippen LogP contribution in [0.15, 0.2) is 73.3 Å². The maximum atomic E-state index is 14.0. The number of amides is 2. The molecule has 354 valence electrons. The number of imidazole rings is 2. The van der Waals surface area contributed by atoms with Crippen molar-refractivity contribution in [2.75, 3.05) is 17.2 Å². The number of pyridine rings is 4. The van der Waals surface area contributed by atoms with Gasteiger partial charge in [0.25, 0.3) is 24.7 Å². The Balaban J connectivity index is 0.000000210.